The van der Waals surface area contributed by atoms with Crippen molar-refractivity contribution in [2.75, 3.05) is 38.1 Å². The molecule has 1 aliphatic heterocycles. The van der Waals surface area contributed by atoms with Crippen molar-refractivity contribution in [3.05, 3.63) is 28.8 Å². The summed E-state index contributed by atoms with van der Waals surface area (Å²) in [5.41, 5.74) is 1.08. The van der Waals surface area contributed by atoms with E-state index in [9.17, 15) is 5.11 Å². The van der Waals surface area contributed by atoms with E-state index in [1.54, 1.807) is 13.8 Å². The van der Waals surface area contributed by atoms with Gasteiger partial charge in [0.25, 0.3) is 0 Å². The monoisotopic (exact) mass is 268 g/mol. The molecule has 1 N–H and O–H groups in total. The number of hydrogen-bond donors (Lipinski definition) is 1. The molecule has 0 radical (unpaired) electrons. The third kappa shape index (κ3) is 2.97. The maximum Gasteiger partial charge on any atom is 0.0841 e. The van der Waals surface area contributed by atoms with E-state index in [0.717, 1.165) is 42.5 Å². The van der Waals surface area contributed by atoms with Gasteiger partial charge in [0, 0.05) is 26.2 Å². The number of aliphatic hydroxyl groups is 1. The molecule has 1 aromatic rings. The van der Waals surface area contributed by atoms with E-state index < -0.39 is 5.60 Å². The molecular weight excluding hydrogens is 248 g/mol. The van der Waals surface area contributed by atoms with Crippen LogP contribution in [-0.4, -0.2) is 43.2 Å². The van der Waals surface area contributed by atoms with E-state index in [-0.39, 0.29) is 0 Å². The first-order chi connectivity index (χ1) is 8.38. The number of piperazine rings is 1. The summed E-state index contributed by atoms with van der Waals surface area (Å²) in [6.45, 7) is 7.66. The Bertz CT molecular complexity index is 420. The topological polar surface area (TPSA) is 26.7 Å². The average molecular weight is 269 g/mol. The van der Waals surface area contributed by atoms with Crippen molar-refractivity contribution < 1.29 is 5.11 Å². The molecule has 0 aromatic heterocycles. The van der Waals surface area contributed by atoms with Crippen LogP contribution in [-0.2, 0) is 5.60 Å². The van der Waals surface area contributed by atoms with Gasteiger partial charge in [-0.15, -0.1) is 0 Å². The molecule has 1 aromatic carbocycles. The van der Waals surface area contributed by atoms with Gasteiger partial charge in [0.15, 0.2) is 0 Å². The van der Waals surface area contributed by atoms with Crippen LogP contribution in [0.4, 0.5) is 5.69 Å². The van der Waals surface area contributed by atoms with Crippen LogP contribution in [0.2, 0.25) is 5.02 Å². The molecule has 1 saturated heterocycles. The Hall–Kier alpha value is -0.770. The molecule has 0 amide bonds. The van der Waals surface area contributed by atoms with E-state index in [2.05, 4.69) is 16.8 Å². The van der Waals surface area contributed by atoms with E-state index in [4.69, 9.17) is 11.6 Å². The van der Waals surface area contributed by atoms with E-state index >= 15 is 0 Å². The minimum Gasteiger partial charge on any atom is -0.386 e. The lowest BCUT2D eigenvalue weighted by molar-refractivity contribution is 0.0786. The first-order valence-corrected chi connectivity index (χ1v) is 6.71. The maximum absolute atomic E-state index is 9.97. The number of rotatable bonds is 2. The molecular formula is C14H21ClN2O. The fraction of sp³-hybridized carbons (Fsp3) is 0.571. The predicted molar refractivity (Wildman–Crippen MR) is 76.4 cm³/mol. The second-order valence-corrected chi connectivity index (χ2v) is 5.92. The van der Waals surface area contributed by atoms with Crippen LogP contribution < -0.4 is 4.90 Å². The minimum absolute atomic E-state index is 0.721. The van der Waals surface area contributed by atoms with Gasteiger partial charge in [-0.05, 0) is 38.6 Å². The summed E-state index contributed by atoms with van der Waals surface area (Å²) in [4.78, 5) is 4.62. The predicted octanol–water partition coefficient (Wildman–Crippen LogP) is 2.32. The van der Waals surface area contributed by atoms with Crippen molar-refractivity contribution >= 4 is 17.3 Å². The fourth-order valence-corrected chi connectivity index (χ4v) is 2.49. The van der Waals surface area contributed by atoms with Crippen molar-refractivity contribution in [3.8, 4) is 0 Å². The second-order valence-electron chi connectivity index (χ2n) is 5.52. The highest BCUT2D eigenvalue weighted by atomic mass is 35.5. The van der Waals surface area contributed by atoms with E-state index in [1.807, 2.05) is 18.2 Å². The summed E-state index contributed by atoms with van der Waals surface area (Å²) >= 11 is 6.34. The molecule has 0 unspecified atom stereocenters. The SMILES string of the molecule is CN1CCN(c2ccc(C(C)(C)O)cc2Cl)CC1. The van der Waals surface area contributed by atoms with E-state index in [0.29, 0.717) is 0 Å². The zero-order valence-electron chi connectivity index (χ0n) is 11.3. The van der Waals surface area contributed by atoms with Crippen LogP contribution in [0.15, 0.2) is 18.2 Å². The molecule has 0 aliphatic carbocycles. The van der Waals surface area contributed by atoms with Gasteiger partial charge in [-0.2, -0.15) is 0 Å². The molecule has 1 heterocycles. The molecule has 1 aliphatic rings. The Morgan fingerprint density at radius 2 is 1.78 bits per heavy atom. The Morgan fingerprint density at radius 3 is 2.28 bits per heavy atom. The van der Waals surface area contributed by atoms with Gasteiger partial charge in [0.1, 0.15) is 0 Å². The lowest BCUT2D eigenvalue weighted by atomic mass is 9.98. The Kier molecular flexibility index (Phi) is 3.85. The normalized spacial score (nSPS) is 18.2. The zero-order valence-corrected chi connectivity index (χ0v) is 12.0. The molecule has 0 bridgehead atoms. The summed E-state index contributed by atoms with van der Waals surface area (Å²) < 4.78 is 0. The number of halogens is 1. The molecule has 0 atom stereocenters. The fourth-order valence-electron chi connectivity index (χ4n) is 2.19. The number of nitrogens with zero attached hydrogens (tertiary/aromatic N) is 2. The average Bonchev–Trinajstić information content (AvgIpc) is 2.29. The van der Waals surface area contributed by atoms with Crippen LogP contribution in [0.1, 0.15) is 19.4 Å². The molecule has 4 heteroatoms. The highest BCUT2D eigenvalue weighted by molar-refractivity contribution is 6.33. The van der Waals surface area contributed by atoms with Crippen molar-refractivity contribution in [1.82, 2.24) is 4.90 Å². The molecule has 0 saturated carbocycles. The molecule has 100 valence electrons. The lowest BCUT2D eigenvalue weighted by Gasteiger charge is -2.34. The quantitative estimate of drug-likeness (QED) is 0.892. The first-order valence-electron chi connectivity index (χ1n) is 6.34. The van der Waals surface area contributed by atoms with Gasteiger partial charge in [0.2, 0.25) is 0 Å². The number of benzene rings is 1. The Morgan fingerprint density at radius 1 is 1.17 bits per heavy atom. The third-order valence-electron chi connectivity index (χ3n) is 3.50. The van der Waals surface area contributed by atoms with Gasteiger partial charge in [-0.3, -0.25) is 0 Å². The third-order valence-corrected chi connectivity index (χ3v) is 3.80. The van der Waals surface area contributed by atoms with Gasteiger partial charge in [0.05, 0.1) is 16.3 Å². The Balaban J connectivity index is 2.20. The van der Waals surface area contributed by atoms with Gasteiger partial charge >= 0.3 is 0 Å². The van der Waals surface area contributed by atoms with Crippen molar-refractivity contribution in [3.63, 3.8) is 0 Å². The summed E-state index contributed by atoms with van der Waals surface area (Å²) in [5, 5.41) is 10.7. The largest absolute Gasteiger partial charge is 0.386 e. The maximum atomic E-state index is 9.97. The second kappa shape index (κ2) is 5.08. The summed E-state index contributed by atoms with van der Waals surface area (Å²) in [6, 6.07) is 5.84. The van der Waals surface area contributed by atoms with E-state index in [1.165, 1.54) is 0 Å². The first kappa shape index (κ1) is 13.7. The molecule has 0 spiro atoms. The number of anilines is 1. The van der Waals surface area contributed by atoms with Crippen LogP contribution in [0, 0.1) is 0 Å². The summed E-state index contributed by atoms with van der Waals surface area (Å²) in [5.74, 6) is 0. The molecule has 2 rings (SSSR count). The van der Waals surface area contributed by atoms with Crippen molar-refractivity contribution in [2.45, 2.75) is 19.4 Å². The molecule has 18 heavy (non-hydrogen) atoms. The lowest BCUT2D eigenvalue weighted by Crippen LogP contribution is -2.44. The van der Waals surface area contributed by atoms with Crippen LogP contribution in [0.5, 0.6) is 0 Å². The van der Waals surface area contributed by atoms with Gasteiger partial charge in [-0.25, -0.2) is 0 Å². The van der Waals surface area contributed by atoms with Crippen molar-refractivity contribution in [2.24, 2.45) is 0 Å². The Labute approximate surface area is 114 Å². The smallest absolute Gasteiger partial charge is 0.0841 e. The summed E-state index contributed by atoms with van der Waals surface area (Å²) in [6.07, 6.45) is 0. The highest BCUT2D eigenvalue weighted by Gasteiger charge is 2.20. The standard InChI is InChI=1S/C14H21ClN2O/c1-14(2,18)11-4-5-13(12(15)10-11)17-8-6-16(3)7-9-17/h4-5,10,18H,6-9H2,1-3H3. The number of hydrogen-bond acceptors (Lipinski definition) is 3. The van der Waals surface area contributed by atoms with Crippen LogP contribution in [0.3, 0.4) is 0 Å². The van der Waals surface area contributed by atoms with Gasteiger partial charge < -0.3 is 14.9 Å². The number of likely N-dealkylation sites (N-methyl/N-ethyl adjacent to an activating group) is 1. The summed E-state index contributed by atoms with van der Waals surface area (Å²) in [7, 11) is 2.14. The molecule has 1 fully saturated rings. The van der Waals surface area contributed by atoms with Crippen molar-refractivity contribution in [1.29, 1.82) is 0 Å². The highest BCUT2D eigenvalue weighted by Crippen LogP contribution is 2.31. The van der Waals surface area contributed by atoms with Crippen LogP contribution >= 0.6 is 11.6 Å². The van der Waals surface area contributed by atoms with Crippen LogP contribution in [0.25, 0.3) is 0 Å². The minimum atomic E-state index is -0.843. The van der Waals surface area contributed by atoms with Gasteiger partial charge in [-0.1, -0.05) is 17.7 Å². The zero-order chi connectivity index (χ0) is 13.3. The molecule has 3 nitrogen and oxygen atoms in total.